The summed E-state index contributed by atoms with van der Waals surface area (Å²) in [7, 11) is 0. The van der Waals surface area contributed by atoms with E-state index < -0.39 is 0 Å². The van der Waals surface area contributed by atoms with Gasteiger partial charge in [-0.15, -0.1) is 0 Å². The van der Waals surface area contributed by atoms with Gasteiger partial charge in [0.2, 0.25) is 0 Å². The van der Waals surface area contributed by atoms with Crippen molar-refractivity contribution in [3.05, 3.63) is 28.8 Å². The molecule has 0 saturated carbocycles. The Morgan fingerprint density at radius 3 is 2.75 bits per heavy atom. The van der Waals surface area contributed by atoms with E-state index in [4.69, 9.17) is 11.6 Å². The summed E-state index contributed by atoms with van der Waals surface area (Å²) in [5.74, 6) is 0. The predicted octanol–water partition coefficient (Wildman–Crippen LogP) is 4.61. The summed E-state index contributed by atoms with van der Waals surface area (Å²) in [6.45, 7) is 9.79. The molecule has 112 valence electrons. The number of rotatable bonds is 5. The Morgan fingerprint density at radius 1 is 1.35 bits per heavy atom. The molecule has 1 saturated heterocycles. The fourth-order valence-electron chi connectivity index (χ4n) is 3.18. The van der Waals surface area contributed by atoms with Gasteiger partial charge in [0.25, 0.3) is 0 Å². The van der Waals surface area contributed by atoms with E-state index in [1.165, 1.54) is 30.5 Å². The standard InChI is InChI=1S/C17H27ClN2/c1-5-14-10-9-13(4)20(14)17-8-6-7-16(18)15(17)11-19-12(2)3/h6-8,12-14,19H,5,9-11H2,1-4H3. The van der Waals surface area contributed by atoms with Crippen LogP contribution in [-0.2, 0) is 6.54 Å². The van der Waals surface area contributed by atoms with E-state index in [-0.39, 0.29) is 0 Å². The summed E-state index contributed by atoms with van der Waals surface area (Å²) < 4.78 is 0. The number of hydrogen-bond donors (Lipinski definition) is 1. The third kappa shape index (κ3) is 3.29. The van der Waals surface area contributed by atoms with E-state index in [2.05, 4.69) is 50.0 Å². The minimum atomic E-state index is 0.470. The fourth-order valence-corrected chi connectivity index (χ4v) is 3.41. The second-order valence-corrected chi connectivity index (χ2v) is 6.58. The van der Waals surface area contributed by atoms with Crippen molar-refractivity contribution in [2.24, 2.45) is 0 Å². The van der Waals surface area contributed by atoms with Crippen LogP contribution in [0.2, 0.25) is 5.02 Å². The van der Waals surface area contributed by atoms with Crippen LogP contribution >= 0.6 is 11.6 Å². The van der Waals surface area contributed by atoms with E-state index in [1.807, 2.05) is 6.07 Å². The van der Waals surface area contributed by atoms with Crippen molar-refractivity contribution in [1.29, 1.82) is 0 Å². The quantitative estimate of drug-likeness (QED) is 0.853. The molecule has 1 N–H and O–H groups in total. The molecule has 1 fully saturated rings. The van der Waals surface area contributed by atoms with Crippen molar-refractivity contribution >= 4 is 17.3 Å². The first kappa shape index (κ1) is 15.7. The second-order valence-electron chi connectivity index (χ2n) is 6.17. The van der Waals surface area contributed by atoms with Gasteiger partial charge in [0.15, 0.2) is 0 Å². The zero-order valence-electron chi connectivity index (χ0n) is 13.1. The number of benzene rings is 1. The summed E-state index contributed by atoms with van der Waals surface area (Å²) in [6.07, 6.45) is 3.78. The summed E-state index contributed by atoms with van der Waals surface area (Å²) >= 11 is 6.46. The molecule has 2 rings (SSSR count). The molecule has 0 amide bonds. The highest BCUT2D eigenvalue weighted by Gasteiger charge is 2.31. The van der Waals surface area contributed by atoms with Gasteiger partial charge in [0.05, 0.1) is 0 Å². The lowest BCUT2D eigenvalue weighted by Gasteiger charge is -2.33. The molecular formula is C17H27ClN2. The summed E-state index contributed by atoms with van der Waals surface area (Å²) in [6, 6.07) is 8.04. The van der Waals surface area contributed by atoms with Crippen LogP contribution in [0.3, 0.4) is 0 Å². The molecular weight excluding hydrogens is 268 g/mol. The molecule has 1 aromatic rings. The fraction of sp³-hybridized carbons (Fsp3) is 0.647. The monoisotopic (exact) mass is 294 g/mol. The molecule has 1 heterocycles. The van der Waals surface area contributed by atoms with E-state index in [9.17, 15) is 0 Å². The summed E-state index contributed by atoms with van der Waals surface area (Å²) in [5.41, 5.74) is 2.57. The van der Waals surface area contributed by atoms with Gasteiger partial charge < -0.3 is 10.2 Å². The second kappa shape index (κ2) is 6.82. The number of nitrogens with zero attached hydrogens (tertiary/aromatic N) is 1. The summed E-state index contributed by atoms with van der Waals surface area (Å²) in [4.78, 5) is 2.59. The van der Waals surface area contributed by atoms with Gasteiger partial charge in [-0.25, -0.2) is 0 Å². The third-order valence-corrected chi connectivity index (χ3v) is 4.67. The van der Waals surface area contributed by atoms with Crippen LogP contribution in [0.4, 0.5) is 5.69 Å². The first-order chi connectivity index (χ1) is 9.54. The highest BCUT2D eigenvalue weighted by Crippen LogP contribution is 2.36. The highest BCUT2D eigenvalue weighted by atomic mass is 35.5. The largest absolute Gasteiger partial charge is 0.366 e. The zero-order chi connectivity index (χ0) is 14.7. The lowest BCUT2D eigenvalue weighted by molar-refractivity contribution is 0.581. The van der Waals surface area contributed by atoms with Gasteiger partial charge in [-0.1, -0.05) is 38.4 Å². The molecule has 0 radical (unpaired) electrons. The summed E-state index contributed by atoms with van der Waals surface area (Å²) in [5, 5.41) is 4.38. The van der Waals surface area contributed by atoms with Crippen LogP contribution in [0.15, 0.2) is 18.2 Å². The van der Waals surface area contributed by atoms with Crippen molar-refractivity contribution in [3.63, 3.8) is 0 Å². The molecule has 20 heavy (non-hydrogen) atoms. The lowest BCUT2D eigenvalue weighted by atomic mass is 10.1. The third-order valence-electron chi connectivity index (χ3n) is 4.32. The van der Waals surface area contributed by atoms with Crippen LogP contribution in [0.1, 0.15) is 52.5 Å². The lowest BCUT2D eigenvalue weighted by Crippen LogP contribution is -2.35. The Hall–Kier alpha value is -0.730. The molecule has 1 aromatic carbocycles. The maximum atomic E-state index is 6.46. The highest BCUT2D eigenvalue weighted by molar-refractivity contribution is 6.31. The number of anilines is 1. The van der Waals surface area contributed by atoms with Gasteiger partial charge in [-0.05, 0) is 38.3 Å². The topological polar surface area (TPSA) is 15.3 Å². The Kier molecular flexibility index (Phi) is 5.34. The van der Waals surface area contributed by atoms with Gasteiger partial charge in [0.1, 0.15) is 0 Å². The SMILES string of the molecule is CCC1CCC(C)N1c1cccc(Cl)c1CNC(C)C. The first-order valence-electron chi connectivity index (χ1n) is 7.83. The van der Waals surface area contributed by atoms with Crippen molar-refractivity contribution in [2.45, 2.75) is 71.6 Å². The smallest absolute Gasteiger partial charge is 0.0471 e. The molecule has 0 aliphatic carbocycles. The van der Waals surface area contributed by atoms with Gasteiger partial charge >= 0.3 is 0 Å². The molecule has 2 nitrogen and oxygen atoms in total. The minimum absolute atomic E-state index is 0.470. The molecule has 1 aliphatic rings. The van der Waals surface area contributed by atoms with Crippen molar-refractivity contribution in [2.75, 3.05) is 4.90 Å². The molecule has 3 heteroatoms. The Labute approximate surface area is 128 Å². The van der Waals surface area contributed by atoms with Crippen LogP contribution in [-0.4, -0.2) is 18.1 Å². The average Bonchev–Trinajstić information content (AvgIpc) is 2.78. The van der Waals surface area contributed by atoms with E-state index >= 15 is 0 Å². The molecule has 2 unspecified atom stereocenters. The molecule has 1 aliphatic heterocycles. The molecule has 0 spiro atoms. The average molecular weight is 295 g/mol. The number of nitrogens with one attached hydrogen (secondary N) is 1. The molecule has 0 bridgehead atoms. The minimum Gasteiger partial charge on any atom is -0.366 e. The maximum absolute atomic E-state index is 6.46. The Bertz CT molecular complexity index is 445. The van der Waals surface area contributed by atoms with Gasteiger partial charge in [0, 0.05) is 40.9 Å². The van der Waals surface area contributed by atoms with Crippen molar-refractivity contribution < 1.29 is 0 Å². The van der Waals surface area contributed by atoms with Crippen molar-refractivity contribution in [1.82, 2.24) is 5.32 Å². The van der Waals surface area contributed by atoms with E-state index in [1.54, 1.807) is 0 Å². The van der Waals surface area contributed by atoms with Crippen LogP contribution in [0, 0.1) is 0 Å². The first-order valence-corrected chi connectivity index (χ1v) is 8.21. The van der Waals surface area contributed by atoms with E-state index in [0.717, 1.165) is 11.6 Å². The predicted molar refractivity (Wildman–Crippen MR) is 88.7 cm³/mol. The van der Waals surface area contributed by atoms with E-state index in [0.29, 0.717) is 18.1 Å². The normalized spacial score (nSPS) is 22.8. The zero-order valence-corrected chi connectivity index (χ0v) is 13.9. The number of halogens is 1. The van der Waals surface area contributed by atoms with Crippen LogP contribution < -0.4 is 10.2 Å². The Morgan fingerprint density at radius 2 is 2.10 bits per heavy atom. The molecule has 2 atom stereocenters. The van der Waals surface area contributed by atoms with Gasteiger partial charge in [-0.2, -0.15) is 0 Å². The molecule has 0 aromatic heterocycles. The number of hydrogen-bond acceptors (Lipinski definition) is 2. The maximum Gasteiger partial charge on any atom is 0.0471 e. The van der Waals surface area contributed by atoms with Gasteiger partial charge in [-0.3, -0.25) is 0 Å². The van der Waals surface area contributed by atoms with Crippen LogP contribution in [0.5, 0.6) is 0 Å². The van der Waals surface area contributed by atoms with Crippen molar-refractivity contribution in [3.8, 4) is 0 Å². The Balaban J connectivity index is 2.32. The van der Waals surface area contributed by atoms with Crippen LogP contribution in [0.25, 0.3) is 0 Å².